The van der Waals surface area contributed by atoms with E-state index in [0.29, 0.717) is 28.8 Å². The summed E-state index contributed by atoms with van der Waals surface area (Å²) in [5.74, 6) is 0.0851. The van der Waals surface area contributed by atoms with Crippen molar-refractivity contribution >= 4 is 40.7 Å². The van der Waals surface area contributed by atoms with Gasteiger partial charge in [0.1, 0.15) is 12.1 Å². The molecule has 2 aliphatic rings. The molecular formula is C17H21Cl2N3O2. The van der Waals surface area contributed by atoms with Crippen molar-refractivity contribution < 1.29 is 9.59 Å². The normalized spacial score (nSPS) is 27.8. The lowest BCUT2D eigenvalue weighted by Gasteiger charge is -2.42. The zero-order valence-electron chi connectivity index (χ0n) is 13.5. The number of hydrogen-bond donors (Lipinski definition) is 2. The van der Waals surface area contributed by atoms with Gasteiger partial charge in [0.2, 0.25) is 11.8 Å². The molecule has 3 unspecified atom stereocenters. The highest BCUT2D eigenvalue weighted by Gasteiger charge is 2.40. The molecule has 2 heterocycles. The Balaban J connectivity index is 1.76. The SMILES string of the molecule is CC1CCNC(=O)C1N1CCCC(Nc2cc(Cl)cc(Cl)c2)C1=O. The first-order valence-electron chi connectivity index (χ1n) is 8.26. The molecule has 0 saturated carbocycles. The number of halogens is 2. The predicted molar refractivity (Wildman–Crippen MR) is 95.4 cm³/mol. The summed E-state index contributed by atoms with van der Waals surface area (Å²) in [6, 6.07) is 4.40. The van der Waals surface area contributed by atoms with Crippen molar-refractivity contribution in [3.05, 3.63) is 28.2 Å². The van der Waals surface area contributed by atoms with E-state index in [2.05, 4.69) is 10.6 Å². The minimum absolute atomic E-state index is 0.0359. The zero-order chi connectivity index (χ0) is 17.3. The number of carbonyl (C=O) groups excluding carboxylic acids is 2. The van der Waals surface area contributed by atoms with Crippen molar-refractivity contribution in [2.45, 2.75) is 38.3 Å². The van der Waals surface area contributed by atoms with Crippen molar-refractivity contribution in [1.82, 2.24) is 10.2 Å². The molecule has 5 nitrogen and oxygen atoms in total. The van der Waals surface area contributed by atoms with Crippen LogP contribution < -0.4 is 10.6 Å². The van der Waals surface area contributed by atoms with Gasteiger partial charge in [0.05, 0.1) is 0 Å². The molecule has 2 aliphatic heterocycles. The number of amides is 2. The van der Waals surface area contributed by atoms with Gasteiger partial charge in [-0.1, -0.05) is 30.1 Å². The molecule has 3 atom stereocenters. The van der Waals surface area contributed by atoms with Crippen LogP contribution in [0.15, 0.2) is 18.2 Å². The molecule has 130 valence electrons. The second kappa shape index (κ2) is 7.19. The molecule has 0 bridgehead atoms. The smallest absolute Gasteiger partial charge is 0.245 e. The van der Waals surface area contributed by atoms with Gasteiger partial charge in [0.15, 0.2) is 0 Å². The Bertz CT molecular complexity index is 632. The summed E-state index contributed by atoms with van der Waals surface area (Å²) in [5.41, 5.74) is 0.717. The quantitative estimate of drug-likeness (QED) is 0.860. The first kappa shape index (κ1) is 17.4. The van der Waals surface area contributed by atoms with Crippen molar-refractivity contribution in [3.8, 4) is 0 Å². The monoisotopic (exact) mass is 369 g/mol. The second-order valence-electron chi connectivity index (χ2n) is 6.53. The van der Waals surface area contributed by atoms with E-state index in [9.17, 15) is 9.59 Å². The van der Waals surface area contributed by atoms with Crippen LogP contribution in [0.2, 0.25) is 10.0 Å². The van der Waals surface area contributed by atoms with Crippen LogP contribution in [0.1, 0.15) is 26.2 Å². The van der Waals surface area contributed by atoms with Gasteiger partial charge in [-0.3, -0.25) is 9.59 Å². The first-order chi connectivity index (χ1) is 11.5. The summed E-state index contributed by atoms with van der Waals surface area (Å²) in [6.45, 7) is 3.33. The van der Waals surface area contributed by atoms with Crippen molar-refractivity contribution in [1.29, 1.82) is 0 Å². The van der Waals surface area contributed by atoms with Crippen LogP contribution in [0.4, 0.5) is 5.69 Å². The van der Waals surface area contributed by atoms with Crippen LogP contribution in [-0.4, -0.2) is 41.9 Å². The number of rotatable bonds is 3. The van der Waals surface area contributed by atoms with Crippen LogP contribution >= 0.6 is 23.2 Å². The number of piperidine rings is 2. The van der Waals surface area contributed by atoms with Gasteiger partial charge in [-0.05, 0) is 43.4 Å². The first-order valence-corrected chi connectivity index (χ1v) is 9.02. The van der Waals surface area contributed by atoms with Crippen molar-refractivity contribution in [2.75, 3.05) is 18.4 Å². The van der Waals surface area contributed by atoms with Crippen LogP contribution in [0.5, 0.6) is 0 Å². The van der Waals surface area contributed by atoms with Gasteiger partial charge in [-0.25, -0.2) is 0 Å². The van der Waals surface area contributed by atoms with E-state index in [1.165, 1.54) is 0 Å². The lowest BCUT2D eigenvalue weighted by Crippen LogP contribution is -2.60. The van der Waals surface area contributed by atoms with E-state index in [4.69, 9.17) is 23.2 Å². The number of likely N-dealkylation sites (tertiary alicyclic amines) is 1. The average Bonchev–Trinajstić information content (AvgIpc) is 2.49. The van der Waals surface area contributed by atoms with Gasteiger partial charge in [-0.2, -0.15) is 0 Å². The summed E-state index contributed by atoms with van der Waals surface area (Å²) < 4.78 is 0. The molecule has 0 spiro atoms. The fourth-order valence-corrected chi connectivity index (χ4v) is 4.07. The highest BCUT2D eigenvalue weighted by Crippen LogP contribution is 2.27. The van der Waals surface area contributed by atoms with E-state index in [0.717, 1.165) is 19.3 Å². The fraction of sp³-hybridized carbons (Fsp3) is 0.529. The number of nitrogens with zero attached hydrogens (tertiary/aromatic N) is 1. The van der Waals surface area contributed by atoms with Crippen LogP contribution in [0.25, 0.3) is 0 Å². The number of nitrogens with one attached hydrogen (secondary N) is 2. The Labute approximate surface area is 151 Å². The van der Waals surface area contributed by atoms with E-state index in [1.54, 1.807) is 23.1 Å². The van der Waals surface area contributed by atoms with Gasteiger partial charge < -0.3 is 15.5 Å². The fourth-order valence-electron chi connectivity index (χ4n) is 3.54. The largest absolute Gasteiger partial charge is 0.374 e. The Morgan fingerprint density at radius 1 is 1.17 bits per heavy atom. The minimum atomic E-state index is -0.376. The maximum Gasteiger partial charge on any atom is 0.245 e. The number of carbonyl (C=O) groups is 2. The van der Waals surface area contributed by atoms with E-state index < -0.39 is 0 Å². The molecular weight excluding hydrogens is 349 g/mol. The summed E-state index contributed by atoms with van der Waals surface area (Å²) in [7, 11) is 0. The maximum absolute atomic E-state index is 12.9. The average molecular weight is 370 g/mol. The molecule has 1 aromatic carbocycles. The summed E-state index contributed by atoms with van der Waals surface area (Å²) >= 11 is 12.0. The highest BCUT2D eigenvalue weighted by atomic mass is 35.5. The summed E-state index contributed by atoms with van der Waals surface area (Å²) in [4.78, 5) is 26.9. The van der Waals surface area contributed by atoms with Crippen molar-refractivity contribution in [3.63, 3.8) is 0 Å². The topological polar surface area (TPSA) is 61.4 Å². The standard InChI is InChI=1S/C17H21Cl2N3O2/c1-10-4-5-20-16(23)15(10)22-6-2-3-14(17(22)24)21-13-8-11(18)7-12(19)9-13/h7-10,14-15,21H,2-6H2,1H3,(H,20,23). The second-order valence-corrected chi connectivity index (χ2v) is 7.40. The molecule has 7 heteroatoms. The third-order valence-corrected chi connectivity index (χ3v) is 5.16. The number of benzene rings is 1. The molecule has 1 aromatic rings. The predicted octanol–water partition coefficient (Wildman–Crippen LogP) is 2.92. The van der Waals surface area contributed by atoms with E-state index in [1.807, 2.05) is 6.92 Å². The van der Waals surface area contributed by atoms with E-state index >= 15 is 0 Å². The Hall–Kier alpha value is -1.46. The minimum Gasteiger partial charge on any atom is -0.374 e. The van der Waals surface area contributed by atoms with Crippen LogP contribution in [-0.2, 0) is 9.59 Å². The Morgan fingerprint density at radius 2 is 1.88 bits per heavy atom. The molecule has 0 aliphatic carbocycles. The van der Waals surface area contributed by atoms with Crippen LogP contribution in [0.3, 0.4) is 0 Å². The lowest BCUT2D eigenvalue weighted by molar-refractivity contribution is -0.146. The zero-order valence-corrected chi connectivity index (χ0v) is 15.0. The molecule has 3 rings (SSSR count). The van der Waals surface area contributed by atoms with Gasteiger partial charge in [0.25, 0.3) is 0 Å². The number of anilines is 1. The molecule has 2 saturated heterocycles. The third kappa shape index (κ3) is 3.62. The number of hydrogen-bond acceptors (Lipinski definition) is 3. The molecule has 2 N–H and O–H groups in total. The summed E-state index contributed by atoms with van der Waals surface area (Å²) in [5, 5.41) is 7.13. The van der Waals surface area contributed by atoms with Gasteiger partial charge >= 0.3 is 0 Å². The van der Waals surface area contributed by atoms with Crippen LogP contribution in [0, 0.1) is 5.92 Å². The lowest BCUT2D eigenvalue weighted by atomic mass is 9.90. The molecule has 0 aromatic heterocycles. The molecule has 2 amide bonds. The van der Waals surface area contributed by atoms with Crippen molar-refractivity contribution in [2.24, 2.45) is 5.92 Å². The molecule has 2 fully saturated rings. The maximum atomic E-state index is 12.9. The Morgan fingerprint density at radius 3 is 2.54 bits per heavy atom. The molecule has 0 radical (unpaired) electrons. The van der Waals surface area contributed by atoms with E-state index in [-0.39, 0.29) is 29.8 Å². The third-order valence-electron chi connectivity index (χ3n) is 4.72. The van der Waals surface area contributed by atoms with Gasteiger partial charge in [0, 0.05) is 28.8 Å². The summed E-state index contributed by atoms with van der Waals surface area (Å²) in [6.07, 6.45) is 2.47. The van der Waals surface area contributed by atoms with Gasteiger partial charge in [-0.15, -0.1) is 0 Å². The molecule has 24 heavy (non-hydrogen) atoms. The Kier molecular flexibility index (Phi) is 5.21. The highest BCUT2D eigenvalue weighted by molar-refractivity contribution is 6.35.